The highest BCUT2D eigenvalue weighted by atomic mass is 35.5. The Kier molecular flexibility index (Phi) is 6.67. The Morgan fingerprint density at radius 2 is 1.96 bits per heavy atom. The Balaban J connectivity index is 2.04. The number of fused-ring (bicyclic) bond motifs is 1. The van der Waals surface area contributed by atoms with Gasteiger partial charge in [-0.25, -0.2) is 0 Å². The topological polar surface area (TPSA) is 60.7 Å². The van der Waals surface area contributed by atoms with Crippen LogP contribution in [-0.4, -0.2) is 23.1 Å². The number of hydrogen-bond acceptors (Lipinski definition) is 4. The van der Waals surface area contributed by atoms with E-state index in [4.69, 9.17) is 27.9 Å². The first-order valence-electron chi connectivity index (χ1n) is 8.43. The van der Waals surface area contributed by atoms with Crippen molar-refractivity contribution in [1.29, 1.82) is 0 Å². The van der Waals surface area contributed by atoms with E-state index in [9.17, 15) is 9.59 Å². The number of hydrogen-bond donors (Lipinski definition) is 0. The third-order valence-electron chi connectivity index (χ3n) is 3.71. The van der Waals surface area contributed by atoms with Crippen molar-refractivity contribution in [1.82, 2.24) is 4.57 Å². The van der Waals surface area contributed by atoms with Gasteiger partial charge >= 0.3 is 5.97 Å². The molecular formula is C20H16Cl2N2O3S. The molecule has 28 heavy (non-hydrogen) atoms. The predicted octanol–water partition coefficient (Wildman–Crippen LogP) is 4.71. The van der Waals surface area contributed by atoms with Crippen molar-refractivity contribution in [3.05, 3.63) is 69.0 Å². The molecule has 144 valence electrons. The van der Waals surface area contributed by atoms with E-state index in [0.717, 1.165) is 10.3 Å². The number of nitrogens with zero attached hydrogens (tertiary/aromatic N) is 2. The zero-order valence-electron chi connectivity index (χ0n) is 14.9. The van der Waals surface area contributed by atoms with Crippen molar-refractivity contribution in [3.8, 4) is 0 Å². The van der Waals surface area contributed by atoms with Gasteiger partial charge in [-0.05, 0) is 30.7 Å². The fourth-order valence-corrected chi connectivity index (χ4v) is 4.38. The second-order valence-electron chi connectivity index (χ2n) is 5.70. The molecule has 0 radical (unpaired) electrons. The van der Waals surface area contributed by atoms with E-state index in [-0.39, 0.29) is 13.2 Å². The SMILES string of the molecule is CCOC(=O)Cn1c(=NC(=O)/C=C/c2ccccc2)sc2cc(Cl)cc(Cl)c21. The minimum Gasteiger partial charge on any atom is -0.465 e. The summed E-state index contributed by atoms with van der Waals surface area (Å²) >= 11 is 13.6. The van der Waals surface area contributed by atoms with Crippen LogP contribution in [0.25, 0.3) is 16.3 Å². The van der Waals surface area contributed by atoms with Gasteiger partial charge in [0.15, 0.2) is 4.80 Å². The number of esters is 1. The fourth-order valence-electron chi connectivity index (χ4n) is 2.56. The molecule has 0 aliphatic rings. The summed E-state index contributed by atoms with van der Waals surface area (Å²) in [5.74, 6) is -0.891. The van der Waals surface area contributed by atoms with Crippen LogP contribution in [0.5, 0.6) is 0 Å². The molecule has 0 aliphatic carbocycles. The minimum absolute atomic E-state index is 0.107. The first kappa shape index (κ1) is 20.3. The fraction of sp³-hybridized carbons (Fsp3) is 0.150. The smallest absolute Gasteiger partial charge is 0.326 e. The maximum Gasteiger partial charge on any atom is 0.326 e. The van der Waals surface area contributed by atoms with Gasteiger partial charge in [-0.1, -0.05) is 64.9 Å². The van der Waals surface area contributed by atoms with Crippen molar-refractivity contribution in [2.75, 3.05) is 6.61 Å². The van der Waals surface area contributed by atoms with Gasteiger partial charge in [-0.3, -0.25) is 9.59 Å². The van der Waals surface area contributed by atoms with Gasteiger partial charge in [-0.15, -0.1) is 0 Å². The van der Waals surface area contributed by atoms with Crippen LogP contribution >= 0.6 is 34.5 Å². The van der Waals surface area contributed by atoms with Gasteiger partial charge in [0.25, 0.3) is 5.91 Å². The van der Waals surface area contributed by atoms with Crippen LogP contribution < -0.4 is 4.80 Å². The van der Waals surface area contributed by atoms with Gasteiger partial charge in [0, 0.05) is 11.1 Å². The zero-order valence-corrected chi connectivity index (χ0v) is 17.2. The number of rotatable bonds is 5. The Morgan fingerprint density at radius 3 is 2.68 bits per heavy atom. The molecule has 0 spiro atoms. The van der Waals surface area contributed by atoms with Crippen LogP contribution in [0.1, 0.15) is 12.5 Å². The lowest BCUT2D eigenvalue weighted by atomic mass is 10.2. The molecule has 0 aliphatic heterocycles. The summed E-state index contributed by atoms with van der Waals surface area (Å²) < 4.78 is 7.33. The normalized spacial score (nSPS) is 12.0. The molecule has 0 saturated carbocycles. The highest BCUT2D eigenvalue weighted by Crippen LogP contribution is 2.29. The Bertz CT molecular complexity index is 1120. The number of ether oxygens (including phenoxy) is 1. The third kappa shape index (κ3) is 4.90. The first-order valence-corrected chi connectivity index (χ1v) is 10.0. The number of carbonyl (C=O) groups excluding carboxylic acids is 2. The minimum atomic E-state index is -0.449. The second-order valence-corrected chi connectivity index (χ2v) is 7.56. The molecule has 1 aromatic heterocycles. The van der Waals surface area contributed by atoms with Gasteiger partial charge in [0.1, 0.15) is 6.54 Å². The number of thiazole rings is 1. The molecule has 0 atom stereocenters. The molecule has 5 nitrogen and oxygen atoms in total. The van der Waals surface area contributed by atoms with E-state index in [1.165, 1.54) is 17.4 Å². The predicted molar refractivity (Wildman–Crippen MR) is 113 cm³/mol. The van der Waals surface area contributed by atoms with E-state index in [1.54, 1.807) is 29.7 Å². The van der Waals surface area contributed by atoms with E-state index in [0.29, 0.717) is 20.4 Å². The van der Waals surface area contributed by atoms with Crippen molar-refractivity contribution in [2.24, 2.45) is 4.99 Å². The van der Waals surface area contributed by atoms with Crippen molar-refractivity contribution < 1.29 is 14.3 Å². The summed E-state index contributed by atoms with van der Waals surface area (Å²) in [5.41, 5.74) is 1.47. The molecular weight excluding hydrogens is 419 g/mol. The molecule has 0 N–H and O–H groups in total. The van der Waals surface area contributed by atoms with E-state index < -0.39 is 11.9 Å². The molecule has 2 aromatic carbocycles. The molecule has 0 unspecified atom stereocenters. The summed E-state index contributed by atoms with van der Waals surface area (Å²) in [7, 11) is 0. The number of aromatic nitrogens is 1. The molecule has 0 bridgehead atoms. The van der Waals surface area contributed by atoms with Gasteiger partial charge < -0.3 is 9.30 Å². The lowest BCUT2D eigenvalue weighted by Gasteiger charge is -2.06. The summed E-state index contributed by atoms with van der Waals surface area (Å²) in [6.45, 7) is 1.88. The first-order chi connectivity index (χ1) is 13.5. The third-order valence-corrected chi connectivity index (χ3v) is 5.24. The lowest BCUT2D eigenvalue weighted by molar-refractivity contribution is -0.143. The maximum absolute atomic E-state index is 12.3. The standard InChI is InChI=1S/C20H16Cl2N2O3S/c1-2-27-18(26)12-24-19-15(22)10-14(21)11-16(19)28-20(24)23-17(25)9-8-13-6-4-3-5-7-13/h3-11H,2,12H2,1H3/b9-8+,23-20?. The summed E-state index contributed by atoms with van der Waals surface area (Å²) in [6, 6.07) is 12.7. The molecule has 0 saturated heterocycles. The highest BCUT2D eigenvalue weighted by Gasteiger charge is 2.15. The lowest BCUT2D eigenvalue weighted by Crippen LogP contribution is -2.23. The Morgan fingerprint density at radius 1 is 1.21 bits per heavy atom. The monoisotopic (exact) mass is 434 g/mol. The Labute approximate surface area is 175 Å². The summed E-state index contributed by atoms with van der Waals surface area (Å²) in [6.07, 6.45) is 3.06. The van der Waals surface area contributed by atoms with Gasteiger partial charge in [0.2, 0.25) is 0 Å². The van der Waals surface area contributed by atoms with E-state index in [1.807, 2.05) is 30.3 Å². The van der Waals surface area contributed by atoms with Crippen molar-refractivity contribution >= 4 is 62.7 Å². The van der Waals surface area contributed by atoms with Crippen LogP contribution in [0.3, 0.4) is 0 Å². The van der Waals surface area contributed by atoms with Gasteiger partial charge in [0.05, 0.1) is 21.8 Å². The number of carbonyl (C=O) groups is 2. The molecule has 1 heterocycles. The average Bonchev–Trinajstić information content (AvgIpc) is 2.98. The molecule has 0 fully saturated rings. The second kappa shape index (κ2) is 9.19. The van der Waals surface area contributed by atoms with E-state index >= 15 is 0 Å². The zero-order chi connectivity index (χ0) is 20.1. The van der Waals surface area contributed by atoms with Crippen LogP contribution in [0, 0.1) is 0 Å². The highest BCUT2D eigenvalue weighted by molar-refractivity contribution is 7.16. The number of benzene rings is 2. The van der Waals surface area contributed by atoms with Gasteiger partial charge in [-0.2, -0.15) is 4.99 Å². The molecule has 8 heteroatoms. The summed E-state index contributed by atoms with van der Waals surface area (Å²) in [5, 5.41) is 0.834. The maximum atomic E-state index is 12.3. The number of amides is 1. The Hall–Kier alpha value is -2.41. The molecule has 3 aromatic rings. The number of halogens is 2. The quantitative estimate of drug-likeness (QED) is 0.431. The van der Waals surface area contributed by atoms with E-state index in [2.05, 4.69) is 4.99 Å². The average molecular weight is 435 g/mol. The molecule has 3 rings (SSSR count). The molecule has 1 amide bonds. The van der Waals surface area contributed by atoms with Crippen LogP contribution in [0.4, 0.5) is 0 Å². The summed E-state index contributed by atoms with van der Waals surface area (Å²) in [4.78, 5) is 28.9. The van der Waals surface area contributed by atoms with Crippen molar-refractivity contribution in [2.45, 2.75) is 13.5 Å². The van der Waals surface area contributed by atoms with Crippen LogP contribution in [0.15, 0.2) is 53.5 Å². The largest absolute Gasteiger partial charge is 0.465 e. The van der Waals surface area contributed by atoms with Crippen LogP contribution in [-0.2, 0) is 20.9 Å². The van der Waals surface area contributed by atoms with Crippen LogP contribution in [0.2, 0.25) is 10.0 Å². The van der Waals surface area contributed by atoms with Crippen molar-refractivity contribution in [3.63, 3.8) is 0 Å².